The van der Waals surface area contributed by atoms with Crippen LogP contribution in [0, 0.1) is 16.6 Å². The summed E-state index contributed by atoms with van der Waals surface area (Å²) in [6, 6.07) is 8.14. The first kappa shape index (κ1) is 20.6. The highest BCUT2D eigenvalue weighted by Crippen LogP contribution is 2.55. The van der Waals surface area contributed by atoms with Crippen LogP contribution in [-0.4, -0.2) is 44.3 Å². The van der Waals surface area contributed by atoms with Crippen LogP contribution in [0.4, 0.5) is 14.6 Å². The Morgan fingerprint density at radius 3 is 2.62 bits per heavy atom. The first-order valence-electron chi connectivity index (χ1n) is 10.6. The molecule has 8 heteroatoms. The summed E-state index contributed by atoms with van der Waals surface area (Å²) in [5.74, 6) is 0.103. The highest BCUT2D eigenvalue weighted by atomic mass is 19.1. The molecule has 0 aliphatic heterocycles. The Morgan fingerprint density at radius 2 is 1.97 bits per heavy atom. The van der Waals surface area contributed by atoms with Crippen LogP contribution in [0.15, 0.2) is 54.9 Å². The number of phenolic OH excluding ortho intramolecular Hbond substituents is 1. The number of phenols is 1. The van der Waals surface area contributed by atoms with E-state index in [9.17, 15) is 9.50 Å². The fourth-order valence-corrected chi connectivity index (χ4v) is 5.21. The van der Waals surface area contributed by atoms with Gasteiger partial charge in [-0.15, -0.1) is 10.2 Å². The van der Waals surface area contributed by atoms with Gasteiger partial charge >= 0.3 is 0 Å². The summed E-state index contributed by atoms with van der Waals surface area (Å²) >= 11 is 0. The summed E-state index contributed by atoms with van der Waals surface area (Å²) in [6.07, 6.45) is 7.07. The van der Waals surface area contributed by atoms with E-state index in [1.807, 2.05) is 24.9 Å². The second kappa shape index (κ2) is 7.12. The quantitative estimate of drug-likeness (QED) is 0.600. The van der Waals surface area contributed by atoms with Gasteiger partial charge in [0.1, 0.15) is 11.9 Å². The monoisotopic (exact) mass is 437 g/mol. The van der Waals surface area contributed by atoms with E-state index in [-0.39, 0.29) is 17.2 Å². The van der Waals surface area contributed by atoms with Crippen molar-refractivity contribution in [3.05, 3.63) is 60.7 Å². The van der Waals surface area contributed by atoms with Crippen LogP contribution in [0.2, 0.25) is 0 Å². The number of aromatic hydroxyl groups is 1. The summed E-state index contributed by atoms with van der Waals surface area (Å²) in [5, 5.41) is 23.0. The SMILES string of the molecule is CN(c1ccc(-c2ccc(-n3cc(F)cn3)cc2O)nn1)[C@H]1C[C@]2(C)C=C[C@@](C)(C2)[C@H]1F. The average molecular weight is 437 g/mol. The van der Waals surface area contributed by atoms with Crippen LogP contribution >= 0.6 is 0 Å². The predicted octanol–water partition coefficient (Wildman–Crippen LogP) is 4.69. The Kier molecular flexibility index (Phi) is 4.58. The number of benzene rings is 1. The number of fused-ring (bicyclic) bond motifs is 2. The molecule has 1 aromatic carbocycles. The molecule has 0 radical (unpaired) electrons. The maximum atomic E-state index is 15.4. The van der Waals surface area contributed by atoms with Gasteiger partial charge in [0.25, 0.3) is 0 Å². The lowest BCUT2D eigenvalue weighted by Gasteiger charge is -2.46. The third-order valence-corrected chi connectivity index (χ3v) is 6.88. The minimum atomic E-state index is -0.996. The van der Waals surface area contributed by atoms with Crippen LogP contribution < -0.4 is 4.90 Å². The molecular formula is C24H25F2N5O. The average Bonchev–Trinajstić information content (AvgIpc) is 3.32. The van der Waals surface area contributed by atoms with E-state index in [4.69, 9.17) is 0 Å². The van der Waals surface area contributed by atoms with E-state index >= 15 is 4.39 Å². The number of anilines is 1. The molecule has 2 aliphatic carbocycles. The van der Waals surface area contributed by atoms with Gasteiger partial charge in [-0.3, -0.25) is 0 Å². The maximum absolute atomic E-state index is 15.4. The van der Waals surface area contributed by atoms with Crippen LogP contribution in [-0.2, 0) is 0 Å². The second-order valence-electron chi connectivity index (χ2n) is 9.54. The van der Waals surface area contributed by atoms with Gasteiger partial charge in [0.05, 0.1) is 29.8 Å². The Hall–Kier alpha value is -3.29. The molecule has 0 spiro atoms. The van der Waals surface area contributed by atoms with Gasteiger partial charge in [-0.2, -0.15) is 5.10 Å². The summed E-state index contributed by atoms with van der Waals surface area (Å²) in [4.78, 5) is 1.87. The summed E-state index contributed by atoms with van der Waals surface area (Å²) < 4.78 is 30.0. The van der Waals surface area contributed by atoms with E-state index in [1.54, 1.807) is 24.3 Å². The second-order valence-corrected chi connectivity index (χ2v) is 9.54. The third-order valence-electron chi connectivity index (χ3n) is 6.88. The van der Waals surface area contributed by atoms with Crippen molar-refractivity contribution in [2.45, 2.75) is 38.9 Å². The number of halogens is 2. The molecule has 1 fully saturated rings. The Morgan fingerprint density at radius 1 is 1.16 bits per heavy atom. The molecule has 1 saturated carbocycles. The van der Waals surface area contributed by atoms with E-state index in [0.717, 1.165) is 19.0 Å². The van der Waals surface area contributed by atoms with Crippen LogP contribution in [0.1, 0.15) is 26.7 Å². The third kappa shape index (κ3) is 3.34. The number of rotatable bonds is 4. The summed E-state index contributed by atoms with van der Waals surface area (Å²) in [6.45, 7) is 4.17. The molecule has 6 nitrogen and oxygen atoms in total. The van der Waals surface area contributed by atoms with Crippen LogP contribution in [0.25, 0.3) is 16.9 Å². The molecule has 0 saturated heterocycles. The van der Waals surface area contributed by atoms with Crippen molar-refractivity contribution in [2.75, 3.05) is 11.9 Å². The van der Waals surface area contributed by atoms with Crippen LogP contribution in [0.5, 0.6) is 5.75 Å². The molecular weight excluding hydrogens is 412 g/mol. The van der Waals surface area contributed by atoms with Gasteiger partial charge in [-0.1, -0.05) is 26.0 Å². The number of allylic oxidation sites excluding steroid dienone is 2. The van der Waals surface area contributed by atoms with Crippen molar-refractivity contribution < 1.29 is 13.9 Å². The van der Waals surface area contributed by atoms with Crippen molar-refractivity contribution in [1.29, 1.82) is 0 Å². The van der Waals surface area contributed by atoms with Crippen molar-refractivity contribution in [1.82, 2.24) is 20.0 Å². The number of hydrogen-bond donors (Lipinski definition) is 1. The number of aromatic nitrogens is 4. The zero-order chi connectivity index (χ0) is 22.7. The fourth-order valence-electron chi connectivity index (χ4n) is 5.21. The molecule has 2 bridgehead atoms. The zero-order valence-corrected chi connectivity index (χ0v) is 18.2. The maximum Gasteiger partial charge on any atom is 0.161 e. The number of nitrogens with zero attached hydrogens (tertiary/aromatic N) is 5. The number of alkyl halides is 1. The standard InChI is InChI=1S/C24H25F2N5O/c1-23-8-9-24(2,14-23)22(26)19(11-23)30(3)21-7-6-18(28-29-21)17-5-4-16(10-20(17)32)31-13-15(25)12-27-31/h4-10,12-13,19,22,32H,11,14H2,1-3H3/t19-,22-,23-,24-/m0/s1. The zero-order valence-electron chi connectivity index (χ0n) is 18.2. The van der Waals surface area contributed by atoms with Gasteiger partial charge in [-0.25, -0.2) is 13.5 Å². The smallest absolute Gasteiger partial charge is 0.161 e. The molecule has 0 amide bonds. The van der Waals surface area contributed by atoms with Gasteiger partial charge in [0, 0.05) is 24.1 Å². The molecule has 32 heavy (non-hydrogen) atoms. The molecule has 1 N–H and O–H groups in total. The minimum Gasteiger partial charge on any atom is -0.507 e. The van der Waals surface area contributed by atoms with E-state index in [2.05, 4.69) is 28.3 Å². The lowest BCUT2D eigenvalue weighted by atomic mass is 9.66. The molecule has 4 atom stereocenters. The Bertz CT molecular complexity index is 1190. The normalized spacial score (nSPS) is 28.8. The van der Waals surface area contributed by atoms with Crippen molar-refractivity contribution in [3.8, 4) is 22.7 Å². The van der Waals surface area contributed by atoms with E-state index in [0.29, 0.717) is 22.8 Å². The van der Waals surface area contributed by atoms with Gasteiger partial charge in [0.2, 0.25) is 0 Å². The van der Waals surface area contributed by atoms with Gasteiger partial charge in [-0.05, 0) is 42.5 Å². The van der Waals surface area contributed by atoms with Crippen LogP contribution in [0.3, 0.4) is 0 Å². The first-order valence-corrected chi connectivity index (χ1v) is 10.6. The molecule has 2 heterocycles. The molecule has 2 aliphatic rings. The molecule has 0 unspecified atom stereocenters. The molecule has 5 rings (SSSR count). The van der Waals surface area contributed by atoms with Gasteiger partial charge in [0.15, 0.2) is 11.6 Å². The molecule has 2 aromatic heterocycles. The first-order chi connectivity index (χ1) is 15.2. The largest absolute Gasteiger partial charge is 0.507 e. The topological polar surface area (TPSA) is 67.1 Å². The minimum absolute atomic E-state index is 0.00530. The highest BCUT2D eigenvalue weighted by Gasteiger charge is 2.53. The van der Waals surface area contributed by atoms with Crippen molar-refractivity contribution >= 4 is 5.82 Å². The summed E-state index contributed by atoms with van der Waals surface area (Å²) in [5.41, 5.74) is 1.04. The lowest BCUT2D eigenvalue weighted by molar-refractivity contribution is 0.0547. The van der Waals surface area contributed by atoms with Gasteiger partial charge < -0.3 is 10.0 Å². The number of hydrogen-bond acceptors (Lipinski definition) is 5. The lowest BCUT2D eigenvalue weighted by Crippen LogP contribution is -2.52. The summed E-state index contributed by atoms with van der Waals surface area (Å²) in [7, 11) is 1.86. The highest BCUT2D eigenvalue weighted by molar-refractivity contribution is 5.69. The predicted molar refractivity (Wildman–Crippen MR) is 118 cm³/mol. The van der Waals surface area contributed by atoms with E-state index in [1.165, 1.54) is 16.9 Å². The van der Waals surface area contributed by atoms with Crippen molar-refractivity contribution in [3.63, 3.8) is 0 Å². The molecule has 3 aromatic rings. The fraction of sp³-hybridized carbons (Fsp3) is 0.375. The Balaban J connectivity index is 1.37. The van der Waals surface area contributed by atoms with E-state index < -0.39 is 17.4 Å². The Labute approximate surface area is 185 Å². The van der Waals surface area contributed by atoms with Crippen molar-refractivity contribution in [2.24, 2.45) is 10.8 Å². The molecule has 166 valence electrons.